The third kappa shape index (κ3) is 1.99. The number of benzene rings is 2. The van der Waals surface area contributed by atoms with Gasteiger partial charge in [-0.25, -0.2) is 0 Å². The van der Waals surface area contributed by atoms with Crippen LogP contribution in [0, 0.1) is 0 Å². The fourth-order valence-corrected chi connectivity index (χ4v) is 2.63. The summed E-state index contributed by atoms with van der Waals surface area (Å²) in [6, 6.07) is 17.7. The average Bonchev–Trinajstić information content (AvgIpc) is 2.83. The minimum atomic E-state index is -0.0533. The van der Waals surface area contributed by atoms with Crippen LogP contribution < -0.4 is 5.32 Å². The van der Waals surface area contributed by atoms with E-state index in [2.05, 4.69) is 10.3 Å². The Morgan fingerprint density at radius 2 is 1.90 bits per heavy atom. The van der Waals surface area contributed by atoms with E-state index in [-0.39, 0.29) is 5.91 Å². The molecule has 1 aliphatic rings. The minimum absolute atomic E-state index is 0.0533. The number of nitrogens with zero attached hydrogens (tertiary/aromatic N) is 1. The Morgan fingerprint density at radius 1 is 1.00 bits per heavy atom. The van der Waals surface area contributed by atoms with Gasteiger partial charge in [-0.1, -0.05) is 30.3 Å². The molecule has 100 valence electrons. The molecule has 0 aliphatic carbocycles. The fourth-order valence-electron chi connectivity index (χ4n) is 2.63. The zero-order valence-electron chi connectivity index (χ0n) is 11.2. The number of hydrogen-bond acceptors (Lipinski definition) is 2. The largest absolute Gasteiger partial charge is 0.321 e. The van der Waals surface area contributed by atoms with E-state index >= 15 is 0 Å². The van der Waals surface area contributed by atoms with Crippen LogP contribution in [0.2, 0.25) is 0 Å². The van der Waals surface area contributed by atoms with Gasteiger partial charge >= 0.3 is 0 Å². The maximum atomic E-state index is 12.1. The van der Waals surface area contributed by atoms with E-state index in [1.54, 1.807) is 6.20 Å². The maximum Gasteiger partial charge on any atom is 0.256 e. The summed E-state index contributed by atoms with van der Waals surface area (Å²) >= 11 is 0. The molecule has 0 bridgehead atoms. The predicted molar refractivity (Wildman–Crippen MR) is 84.7 cm³/mol. The number of anilines is 1. The van der Waals surface area contributed by atoms with Crippen molar-refractivity contribution in [3.05, 3.63) is 71.9 Å². The van der Waals surface area contributed by atoms with E-state index in [1.165, 1.54) is 0 Å². The van der Waals surface area contributed by atoms with E-state index in [0.29, 0.717) is 5.57 Å². The molecule has 0 spiro atoms. The molecule has 0 radical (unpaired) electrons. The van der Waals surface area contributed by atoms with Gasteiger partial charge in [0, 0.05) is 28.4 Å². The second-order valence-corrected chi connectivity index (χ2v) is 5.01. The van der Waals surface area contributed by atoms with Crippen LogP contribution in [0.15, 0.2) is 60.8 Å². The molecular formula is C18H12N2O. The number of rotatable bonds is 1. The zero-order valence-corrected chi connectivity index (χ0v) is 11.2. The lowest BCUT2D eigenvalue weighted by molar-refractivity contribution is -0.110. The maximum absolute atomic E-state index is 12.1. The summed E-state index contributed by atoms with van der Waals surface area (Å²) in [7, 11) is 0. The van der Waals surface area contributed by atoms with Crippen LogP contribution in [0.3, 0.4) is 0 Å². The second kappa shape index (κ2) is 4.56. The molecule has 0 atom stereocenters. The summed E-state index contributed by atoms with van der Waals surface area (Å²) in [5.41, 5.74) is 4.48. The van der Waals surface area contributed by atoms with Crippen molar-refractivity contribution in [1.29, 1.82) is 0 Å². The van der Waals surface area contributed by atoms with Crippen LogP contribution >= 0.6 is 0 Å². The SMILES string of the molecule is O=C1Nc2ccccc2C1=Cc1ccc2ncccc2c1. The van der Waals surface area contributed by atoms with Gasteiger partial charge in [0.25, 0.3) is 5.91 Å². The molecule has 3 aromatic rings. The first kappa shape index (κ1) is 11.9. The smallest absolute Gasteiger partial charge is 0.256 e. The molecule has 1 aromatic heterocycles. The van der Waals surface area contributed by atoms with Gasteiger partial charge in [-0.3, -0.25) is 9.78 Å². The summed E-state index contributed by atoms with van der Waals surface area (Å²) in [5, 5.41) is 3.95. The number of carbonyl (C=O) groups excluding carboxylic acids is 1. The number of carbonyl (C=O) groups is 1. The first-order valence-corrected chi connectivity index (χ1v) is 6.78. The number of aromatic nitrogens is 1. The minimum Gasteiger partial charge on any atom is -0.321 e. The van der Waals surface area contributed by atoms with Crippen molar-refractivity contribution in [2.24, 2.45) is 0 Å². The summed E-state index contributed by atoms with van der Waals surface area (Å²) in [6.07, 6.45) is 3.70. The van der Waals surface area contributed by atoms with Crippen LogP contribution in [0.4, 0.5) is 5.69 Å². The normalized spacial score (nSPS) is 15.2. The standard InChI is InChI=1S/C18H12N2O/c21-18-15(14-5-1-2-6-17(14)20-18)11-12-7-8-16-13(10-12)4-3-9-19-16/h1-11H,(H,20,21). The van der Waals surface area contributed by atoms with Gasteiger partial charge in [-0.05, 0) is 35.9 Å². The number of fused-ring (bicyclic) bond motifs is 2. The van der Waals surface area contributed by atoms with Crippen molar-refractivity contribution in [2.45, 2.75) is 0 Å². The molecule has 1 amide bonds. The highest BCUT2D eigenvalue weighted by Crippen LogP contribution is 2.32. The van der Waals surface area contributed by atoms with E-state index in [1.807, 2.05) is 60.7 Å². The lowest BCUT2D eigenvalue weighted by atomic mass is 10.0. The highest BCUT2D eigenvalue weighted by Gasteiger charge is 2.23. The summed E-state index contributed by atoms with van der Waals surface area (Å²) in [6.45, 7) is 0. The molecule has 2 aromatic carbocycles. The third-order valence-electron chi connectivity index (χ3n) is 3.65. The first-order valence-electron chi connectivity index (χ1n) is 6.78. The zero-order chi connectivity index (χ0) is 14.2. The Balaban J connectivity index is 1.84. The molecule has 3 nitrogen and oxygen atoms in total. The average molecular weight is 272 g/mol. The lowest BCUT2D eigenvalue weighted by Crippen LogP contribution is -2.03. The van der Waals surface area contributed by atoms with Gasteiger partial charge in [0.15, 0.2) is 0 Å². The van der Waals surface area contributed by atoms with Gasteiger partial charge in [0.05, 0.1) is 5.52 Å². The van der Waals surface area contributed by atoms with Gasteiger partial charge < -0.3 is 5.32 Å². The van der Waals surface area contributed by atoms with Crippen LogP contribution in [0.1, 0.15) is 11.1 Å². The Labute approximate surface area is 122 Å². The highest BCUT2D eigenvalue weighted by atomic mass is 16.2. The highest BCUT2D eigenvalue weighted by molar-refractivity contribution is 6.34. The molecular weight excluding hydrogens is 260 g/mol. The van der Waals surface area contributed by atoms with E-state index in [0.717, 1.165) is 27.7 Å². The molecule has 0 fully saturated rings. The lowest BCUT2D eigenvalue weighted by Gasteiger charge is -2.01. The second-order valence-electron chi connectivity index (χ2n) is 5.01. The molecule has 0 unspecified atom stereocenters. The summed E-state index contributed by atoms with van der Waals surface area (Å²) < 4.78 is 0. The van der Waals surface area contributed by atoms with Crippen LogP contribution in [0.5, 0.6) is 0 Å². The third-order valence-corrected chi connectivity index (χ3v) is 3.65. The van der Waals surface area contributed by atoms with Gasteiger partial charge in [0.2, 0.25) is 0 Å². The molecule has 0 saturated heterocycles. The van der Waals surface area contributed by atoms with Gasteiger partial charge in [-0.2, -0.15) is 0 Å². The number of para-hydroxylation sites is 1. The van der Waals surface area contributed by atoms with Crippen molar-refractivity contribution in [3.63, 3.8) is 0 Å². The molecule has 1 N–H and O–H groups in total. The molecule has 4 rings (SSSR count). The van der Waals surface area contributed by atoms with Gasteiger partial charge in [0.1, 0.15) is 0 Å². The van der Waals surface area contributed by atoms with Crippen LogP contribution in [0.25, 0.3) is 22.6 Å². The number of nitrogens with one attached hydrogen (secondary N) is 1. The van der Waals surface area contributed by atoms with Crippen LogP contribution in [-0.4, -0.2) is 10.9 Å². The van der Waals surface area contributed by atoms with Crippen molar-refractivity contribution < 1.29 is 4.79 Å². The summed E-state index contributed by atoms with van der Waals surface area (Å²) in [4.78, 5) is 16.4. The Morgan fingerprint density at radius 3 is 2.86 bits per heavy atom. The number of amides is 1. The molecule has 21 heavy (non-hydrogen) atoms. The van der Waals surface area contributed by atoms with E-state index in [9.17, 15) is 4.79 Å². The Hall–Kier alpha value is -2.94. The van der Waals surface area contributed by atoms with E-state index in [4.69, 9.17) is 0 Å². The monoisotopic (exact) mass is 272 g/mol. The predicted octanol–water partition coefficient (Wildman–Crippen LogP) is 3.73. The van der Waals surface area contributed by atoms with Gasteiger partial charge in [-0.15, -0.1) is 0 Å². The van der Waals surface area contributed by atoms with E-state index < -0.39 is 0 Å². The van der Waals surface area contributed by atoms with Crippen LogP contribution in [-0.2, 0) is 4.79 Å². The molecule has 2 heterocycles. The fraction of sp³-hybridized carbons (Fsp3) is 0. The quantitative estimate of drug-likeness (QED) is 0.686. The first-order chi connectivity index (χ1) is 10.3. The summed E-state index contributed by atoms with van der Waals surface area (Å²) in [5.74, 6) is -0.0533. The van der Waals surface area contributed by atoms with Crippen molar-refractivity contribution in [3.8, 4) is 0 Å². The molecule has 1 aliphatic heterocycles. The Bertz CT molecular complexity index is 896. The van der Waals surface area contributed by atoms with Crippen molar-refractivity contribution in [1.82, 2.24) is 4.98 Å². The van der Waals surface area contributed by atoms with Crippen molar-refractivity contribution >= 4 is 34.1 Å². The van der Waals surface area contributed by atoms with Crippen molar-refractivity contribution in [2.75, 3.05) is 5.32 Å². The Kier molecular flexibility index (Phi) is 2.57. The molecule has 3 heteroatoms. The topological polar surface area (TPSA) is 42.0 Å². The number of pyridine rings is 1. The number of hydrogen-bond donors (Lipinski definition) is 1. The molecule has 0 saturated carbocycles.